The molecular weight excluding hydrogens is 376 g/mol. The number of hydrogen-bond acceptors (Lipinski definition) is 4. The average Bonchev–Trinajstić information content (AvgIpc) is 2.71. The quantitative estimate of drug-likeness (QED) is 0.557. The summed E-state index contributed by atoms with van der Waals surface area (Å²) >= 11 is 0. The van der Waals surface area contributed by atoms with Gasteiger partial charge in [-0.15, -0.1) is 0 Å². The van der Waals surface area contributed by atoms with E-state index in [1.165, 1.54) is 5.56 Å². The molecule has 0 bridgehead atoms. The first-order valence-electron chi connectivity index (χ1n) is 10.3. The number of methoxy groups -OCH3 is 1. The molecule has 1 aliphatic rings. The van der Waals surface area contributed by atoms with E-state index in [0.717, 1.165) is 23.4 Å². The van der Waals surface area contributed by atoms with Gasteiger partial charge >= 0.3 is 0 Å². The lowest BCUT2D eigenvalue weighted by atomic mass is 9.85. The van der Waals surface area contributed by atoms with Crippen LogP contribution >= 0.6 is 0 Å². The smallest absolute Gasteiger partial charge is 0.251 e. The van der Waals surface area contributed by atoms with Crippen LogP contribution in [0.3, 0.4) is 0 Å². The van der Waals surface area contributed by atoms with E-state index < -0.39 is 0 Å². The number of hydrogen-bond donors (Lipinski definition) is 2. The molecule has 0 aliphatic carbocycles. The van der Waals surface area contributed by atoms with Gasteiger partial charge in [-0.05, 0) is 56.0 Å². The van der Waals surface area contributed by atoms with Gasteiger partial charge in [-0.3, -0.25) is 9.59 Å². The number of carbonyl (C=O) groups excluding carboxylic acids is 2. The van der Waals surface area contributed by atoms with Gasteiger partial charge in [0.05, 0.1) is 7.11 Å². The van der Waals surface area contributed by atoms with Crippen LogP contribution in [0.2, 0.25) is 0 Å². The van der Waals surface area contributed by atoms with Gasteiger partial charge in [0.15, 0.2) is 5.78 Å². The molecule has 30 heavy (non-hydrogen) atoms. The molecule has 5 nitrogen and oxygen atoms in total. The van der Waals surface area contributed by atoms with Crippen molar-refractivity contribution in [3.8, 4) is 5.75 Å². The third-order valence-electron chi connectivity index (χ3n) is 5.07. The van der Waals surface area contributed by atoms with Crippen molar-refractivity contribution in [2.24, 2.45) is 5.92 Å². The van der Waals surface area contributed by atoms with Crippen LogP contribution in [-0.2, 0) is 6.42 Å². The van der Waals surface area contributed by atoms with Gasteiger partial charge in [0.25, 0.3) is 5.91 Å². The van der Waals surface area contributed by atoms with Crippen molar-refractivity contribution in [2.75, 3.05) is 13.7 Å². The Hall–Kier alpha value is -3.08. The van der Waals surface area contributed by atoms with E-state index in [-0.39, 0.29) is 17.2 Å². The Balaban J connectivity index is 1.91. The maximum absolute atomic E-state index is 13.0. The van der Waals surface area contributed by atoms with Crippen LogP contribution in [-0.4, -0.2) is 30.9 Å². The maximum Gasteiger partial charge on any atom is 0.251 e. The molecule has 3 rings (SSSR count). The number of benzene rings is 2. The van der Waals surface area contributed by atoms with Gasteiger partial charge in [0.1, 0.15) is 5.75 Å². The first-order valence-corrected chi connectivity index (χ1v) is 10.3. The number of fused-ring (bicyclic) bond motifs is 1. The van der Waals surface area contributed by atoms with Gasteiger partial charge in [-0.1, -0.05) is 32.0 Å². The van der Waals surface area contributed by atoms with Crippen LogP contribution in [0.15, 0.2) is 48.5 Å². The molecule has 158 valence electrons. The topological polar surface area (TPSA) is 67.4 Å². The molecule has 0 saturated heterocycles. The zero-order chi connectivity index (χ0) is 21.9. The van der Waals surface area contributed by atoms with Crippen LogP contribution < -0.4 is 15.4 Å². The van der Waals surface area contributed by atoms with E-state index in [9.17, 15) is 9.59 Å². The SMILES string of the molecule is COc1ccc2c(c1)C(=CC(=O)c1cccc(C(=O)NCC(C)C)c1)NC(C)(C)C2. The molecule has 0 atom stereocenters. The average molecular weight is 407 g/mol. The highest BCUT2D eigenvalue weighted by Crippen LogP contribution is 2.32. The van der Waals surface area contributed by atoms with Gasteiger partial charge < -0.3 is 15.4 Å². The van der Waals surface area contributed by atoms with Crippen LogP contribution in [0.1, 0.15) is 59.5 Å². The maximum atomic E-state index is 13.0. The Labute approximate surface area is 178 Å². The number of amides is 1. The van der Waals surface area contributed by atoms with Crippen molar-refractivity contribution >= 4 is 17.4 Å². The number of nitrogens with one attached hydrogen (secondary N) is 2. The fourth-order valence-corrected chi connectivity index (χ4v) is 3.58. The first-order chi connectivity index (χ1) is 14.2. The third kappa shape index (κ3) is 5.09. The van der Waals surface area contributed by atoms with Crippen LogP contribution in [0, 0.1) is 5.92 Å². The number of ketones is 1. The summed E-state index contributed by atoms with van der Waals surface area (Å²) in [6.07, 6.45) is 2.47. The Morgan fingerprint density at radius 3 is 2.60 bits per heavy atom. The molecular formula is C25H30N2O3. The highest BCUT2D eigenvalue weighted by molar-refractivity contribution is 6.10. The molecule has 5 heteroatoms. The number of carbonyl (C=O) groups is 2. The van der Waals surface area contributed by atoms with E-state index >= 15 is 0 Å². The largest absolute Gasteiger partial charge is 0.497 e. The second-order valence-electron chi connectivity index (χ2n) is 8.82. The highest BCUT2D eigenvalue weighted by Gasteiger charge is 2.28. The fraction of sp³-hybridized carbons (Fsp3) is 0.360. The summed E-state index contributed by atoms with van der Waals surface area (Å²) in [6, 6.07) is 12.8. The monoisotopic (exact) mass is 406 g/mol. The van der Waals surface area contributed by atoms with Gasteiger partial charge in [-0.2, -0.15) is 0 Å². The lowest BCUT2D eigenvalue weighted by Crippen LogP contribution is -2.43. The highest BCUT2D eigenvalue weighted by atomic mass is 16.5. The molecule has 2 aromatic rings. The second kappa shape index (κ2) is 8.74. The van der Waals surface area contributed by atoms with Crippen molar-refractivity contribution in [3.63, 3.8) is 0 Å². The fourth-order valence-electron chi connectivity index (χ4n) is 3.58. The lowest BCUT2D eigenvalue weighted by molar-refractivity contribution is 0.0949. The summed E-state index contributed by atoms with van der Waals surface area (Å²) in [5.74, 6) is 0.791. The van der Waals surface area contributed by atoms with E-state index in [2.05, 4.69) is 30.5 Å². The first kappa shape index (κ1) is 21.6. The van der Waals surface area contributed by atoms with Gasteiger partial charge in [-0.25, -0.2) is 0 Å². The zero-order valence-electron chi connectivity index (χ0n) is 18.3. The molecule has 1 heterocycles. The Morgan fingerprint density at radius 1 is 1.17 bits per heavy atom. The molecule has 0 fully saturated rings. The molecule has 0 saturated carbocycles. The molecule has 2 N–H and O–H groups in total. The third-order valence-corrected chi connectivity index (χ3v) is 5.07. The Kier molecular flexibility index (Phi) is 6.30. The van der Waals surface area contributed by atoms with Crippen molar-refractivity contribution in [1.82, 2.24) is 10.6 Å². The Bertz CT molecular complexity index is 990. The van der Waals surface area contributed by atoms with E-state index in [1.54, 1.807) is 37.5 Å². The van der Waals surface area contributed by atoms with Crippen molar-refractivity contribution in [1.29, 1.82) is 0 Å². The van der Waals surface area contributed by atoms with Crippen LogP contribution in [0.4, 0.5) is 0 Å². The Morgan fingerprint density at radius 2 is 1.90 bits per heavy atom. The molecule has 2 aromatic carbocycles. The van der Waals surface area contributed by atoms with Gasteiger partial charge in [0, 0.05) is 40.5 Å². The number of allylic oxidation sites excluding steroid dienone is 1. The van der Waals surface area contributed by atoms with Crippen LogP contribution in [0.25, 0.3) is 5.70 Å². The number of ether oxygens (including phenoxy) is 1. The van der Waals surface area contributed by atoms with Crippen LogP contribution in [0.5, 0.6) is 5.75 Å². The summed E-state index contributed by atoms with van der Waals surface area (Å²) in [5, 5.41) is 6.37. The summed E-state index contributed by atoms with van der Waals surface area (Å²) in [4.78, 5) is 25.4. The minimum atomic E-state index is -0.174. The minimum Gasteiger partial charge on any atom is -0.497 e. The molecule has 1 amide bonds. The van der Waals surface area contributed by atoms with E-state index in [1.807, 2.05) is 26.0 Å². The molecule has 1 aliphatic heterocycles. The summed E-state index contributed by atoms with van der Waals surface area (Å²) in [7, 11) is 1.63. The standard InChI is InChI=1S/C25H30N2O3/c1-16(2)15-26-24(29)18-8-6-7-17(11-18)23(28)13-22-21-12-20(30-5)10-9-19(21)14-25(3,4)27-22/h6-13,16,27H,14-15H2,1-5H3,(H,26,29). The molecule has 0 unspecified atom stereocenters. The van der Waals surface area contributed by atoms with Crippen molar-refractivity contribution in [2.45, 2.75) is 39.7 Å². The lowest BCUT2D eigenvalue weighted by Gasteiger charge is -2.35. The minimum absolute atomic E-state index is 0.150. The summed E-state index contributed by atoms with van der Waals surface area (Å²) < 4.78 is 5.37. The molecule has 0 spiro atoms. The van der Waals surface area contributed by atoms with Crippen molar-refractivity contribution < 1.29 is 14.3 Å². The zero-order valence-corrected chi connectivity index (χ0v) is 18.3. The van der Waals surface area contributed by atoms with Gasteiger partial charge in [0.2, 0.25) is 0 Å². The summed E-state index contributed by atoms with van der Waals surface area (Å²) in [5.41, 5.74) is 3.69. The predicted octanol–water partition coefficient (Wildman–Crippen LogP) is 4.23. The molecule has 0 radical (unpaired) electrons. The second-order valence-corrected chi connectivity index (χ2v) is 8.82. The molecule has 0 aromatic heterocycles. The van der Waals surface area contributed by atoms with Crippen molar-refractivity contribution in [3.05, 3.63) is 70.8 Å². The summed E-state index contributed by atoms with van der Waals surface area (Å²) in [6.45, 7) is 8.89. The van der Waals surface area contributed by atoms with E-state index in [4.69, 9.17) is 4.74 Å². The van der Waals surface area contributed by atoms with E-state index in [0.29, 0.717) is 23.6 Å². The predicted molar refractivity (Wildman–Crippen MR) is 120 cm³/mol. The number of rotatable bonds is 6. The normalized spacial score (nSPS) is 16.0.